The van der Waals surface area contributed by atoms with Crippen LogP contribution in [0.1, 0.15) is 76.2 Å². The highest BCUT2D eigenvalue weighted by atomic mass is 16.5. The molecule has 0 aliphatic rings. The average Bonchev–Trinajstić information content (AvgIpc) is 2.64. The van der Waals surface area contributed by atoms with Gasteiger partial charge in [-0.1, -0.05) is 74.6 Å². The third-order valence-electron chi connectivity index (χ3n) is 4.40. The number of hydrogen-bond donors (Lipinski definition) is 1. The zero-order chi connectivity index (χ0) is 19.0. The number of benzene rings is 1. The van der Waals surface area contributed by atoms with Gasteiger partial charge < -0.3 is 9.84 Å². The lowest BCUT2D eigenvalue weighted by Crippen LogP contribution is -2.20. The molecule has 1 aromatic carbocycles. The fourth-order valence-corrected chi connectivity index (χ4v) is 2.83. The second kappa shape index (κ2) is 14.1. The number of carbonyl (C=O) groups is 2. The smallest absolute Gasteiger partial charge is 0.314 e. The van der Waals surface area contributed by atoms with Crippen molar-refractivity contribution in [3.8, 4) is 0 Å². The van der Waals surface area contributed by atoms with Crippen LogP contribution in [0.25, 0.3) is 0 Å². The number of unbranched alkanes of at least 4 members (excludes halogenated alkanes) is 7. The van der Waals surface area contributed by atoms with E-state index in [9.17, 15) is 14.7 Å². The lowest BCUT2D eigenvalue weighted by molar-refractivity contribution is -0.148. The van der Waals surface area contributed by atoms with Crippen molar-refractivity contribution in [3.05, 3.63) is 48.0 Å². The number of hydrogen-bond acceptors (Lipinski definition) is 3. The molecule has 0 heterocycles. The third kappa shape index (κ3) is 10.0. The van der Waals surface area contributed by atoms with Crippen LogP contribution in [0, 0.1) is 0 Å². The normalized spacial score (nSPS) is 12.2. The Bertz CT molecular complexity index is 536. The maximum absolute atomic E-state index is 11.8. The summed E-state index contributed by atoms with van der Waals surface area (Å²) in [5.41, 5.74) is 0.655. The molecule has 1 N–H and O–H groups in total. The van der Waals surface area contributed by atoms with Crippen LogP contribution in [0.3, 0.4) is 0 Å². The molecule has 144 valence electrons. The Kier molecular flexibility index (Phi) is 11.9. The molecule has 4 nitrogen and oxygen atoms in total. The Hall–Kier alpha value is -2.10. The molecule has 0 aliphatic carbocycles. The highest BCUT2D eigenvalue weighted by Gasteiger charge is 2.21. The van der Waals surface area contributed by atoms with E-state index in [1.165, 1.54) is 32.1 Å². The molecule has 1 rings (SSSR count). The Balaban J connectivity index is 2.10. The molecule has 0 fully saturated rings. The van der Waals surface area contributed by atoms with Gasteiger partial charge in [0.1, 0.15) is 12.5 Å². The molecule has 0 aromatic heterocycles. The summed E-state index contributed by atoms with van der Waals surface area (Å²) in [6.45, 7) is 1.94. The van der Waals surface area contributed by atoms with Crippen molar-refractivity contribution in [2.24, 2.45) is 0 Å². The maximum Gasteiger partial charge on any atom is 0.314 e. The van der Waals surface area contributed by atoms with Crippen molar-refractivity contribution in [1.29, 1.82) is 0 Å². The minimum absolute atomic E-state index is 0.107. The topological polar surface area (TPSA) is 63.6 Å². The van der Waals surface area contributed by atoms with Crippen LogP contribution in [-0.2, 0) is 14.3 Å². The van der Waals surface area contributed by atoms with Gasteiger partial charge in [-0.2, -0.15) is 0 Å². The van der Waals surface area contributed by atoms with Crippen LogP contribution in [0.4, 0.5) is 0 Å². The molecule has 26 heavy (non-hydrogen) atoms. The van der Waals surface area contributed by atoms with Gasteiger partial charge in [-0.05, 0) is 31.7 Å². The summed E-state index contributed by atoms with van der Waals surface area (Å²) in [5, 5.41) is 9.31. The summed E-state index contributed by atoms with van der Waals surface area (Å²) in [7, 11) is 0. The van der Waals surface area contributed by atoms with Gasteiger partial charge in [0.15, 0.2) is 0 Å². The van der Waals surface area contributed by atoms with Crippen molar-refractivity contribution < 1.29 is 19.4 Å². The molecule has 0 bridgehead atoms. The van der Waals surface area contributed by atoms with Crippen molar-refractivity contribution >= 4 is 11.9 Å². The number of carbonyl (C=O) groups excluding carboxylic acids is 1. The Morgan fingerprint density at radius 3 is 2.23 bits per heavy atom. The Morgan fingerprint density at radius 1 is 1.00 bits per heavy atom. The highest BCUT2D eigenvalue weighted by molar-refractivity contribution is 5.77. The molecule has 0 saturated carbocycles. The van der Waals surface area contributed by atoms with Gasteiger partial charge in [0, 0.05) is 6.42 Å². The molecule has 1 aromatic rings. The SMILES string of the molecule is C/C=C/CCCCCCCCCC(=O)OCC(C(=O)O)c1ccccc1. The summed E-state index contributed by atoms with van der Waals surface area (Å²) in [5.74, 6) is -2.08. The number of carboxylic acid groups (broad SMARTS) is 1. The standard InChI is InChI=1S/C22H32O4/c1-2-3-4-5-6-7-8-9-10-14-17-21(23)26-18-20(22(24)25)19-15-12-11-13-16-19/h2-3,11-13,15-16,20H,4-10,14,17-18H2,1H3,(H,24,25)/b3-2+. The van der Waals surface area contributed by atoms with Gasteiger partial charge in [0.05, 0.1) is 0 Å². The van der Waals surface area contributed by atoms with Gasteiger partial charge in [-0.25, -0.2) is 0 Å². The van der Waals surface area contributed by atoms with Crippen molar-refractivity contribution in [2.75, 3.05) is 6.61 Å². The van der Waals surface area contributed by atoms with E-state index < -0.39 is 11.9 Å². The van der Waals surface area contributed by atoms with Gasteiger partial charge in [-0.15, -0.1) is 0 Å². The quantitative estimate of drug-likeness (QED) is 0.271. The summed E-state index contributed by atoms with van der Waals surface area (Å²) < 4.78 is 5.18. The monoisotopic (exact) mass is 360 g/mol. The first-order valence-electron chi connectivity index (χ1n) is 9.69. The highest BCUT2D eigenvalue weighted by Crippen LogP contribution is 2.17. The summed E-state index contributed by atoms with van der Waals surface area (Å²) in [6, 6.07) is 8.88. The van der Waals surface area contributed by atoms with Crippen molar-refractivity contribution in [2.45, 2.75) is 70.6 Å². The molecule has 0 amide bonds. The van der Waals surface area contributed by atoms with Crippen molar-refractivity contribution in [1.82, 2.24) is 0 Å². The lowest BCUT2D eigenvalue weighted by Gasteiger charge is -2.13. The van der Waals surface area contributed by atoms with Crippen LogP contribution < -0.4 is 0 Å². The predicted molar refractivity (Wildman–Crippen MR) is 104 cm³/mol. The van der Waals surface area contributed by atoms with Crippen LogP contribution in [0.15, 0.2) is 42.5 Å². The van der Waals surface area contributed by atoms with E-state index in [1.807, 2.05) is 6.07 Å². The van der Waals surface area contributed by atoms with Crippen LogP contribution in [-0.4, -0.2) is 23.7 Å². The molecule has 0 saturated heterocycles. The predicted octanol–water partition coefficient (Wildman–Crippen LogP) is 5.49. The number of carboxylic acids is 1. The fourth-order valence-electron chi connectivity index (χ4n) is 2.83. The van der Waals surface area contributed by atoms with E-state index in [1.54, 1.807) is 24.3 Å². The second-order valence-corrected chi connectivity index (χ2v) is 6.57. The van der Waals surface area contributed by atoms with Gasteiger partial charge >= 0.3 is 11.9 Å². The van der Waals surface area contributed by atoms with Gasteiger partial charge in [-0.3, -0.25) is 9.59 Å². The van der Waals surface area contributed by atoms with E-state index in [-0.39, 0.29) is 12.6 Å². The molecular formula is C22H32O4. The molecule has 1 unspecified atom stereocenters. The number of esters is 1. The van der Waals surface area contributed by atoms with Crippen LogP contribution in [0.2, 0.25) is 0 Å². The first-order chi connectivity index (χ1) is 12.6. The minimum Gasteiger partial charge on any atom is -0.481 e. The number of rotatable bonds is 14. The zero-order valence-corrected chi connectivity index (χ0v) is 15.9. The number of aliphatic carboxylic acids is 1. The first-order valence-corrected chi connectivity index (χ1v) is 9.69. The number of allylic oxidation sites excluding steroid dienone is 2. The first kappa shape index (κ1) is 21.9. The average molecular weight is 360 g/mol. The Labute approximate surface area is 157 Å². The van der Waals surface area contributed by atoms with E-state index in [0.717, 1.165) is 19.3 Å². The second-order valence-electron chi connectivity index (χ2n) is 6.57. The van der Waals surface area contributed by atoms with Crippen LogP contribution >= 0.6 is 0 Å². The van der Waals surface area contributed by atoms with E-state index >= 15 is 0 Å². The molecule has 0 spiro atoms. The van der Waals surface area contributed by atoms with E-state index in [0.29, 0.717) is 12.0 Å². The zero-order valence-electron chi connectivity index (χ0n) is 15.9. The molecule has 0 aliphatic heterocycles. The summed E-state index contributed by atoms with van der Waals surface area (Å²) in [6.07, 6.45) is 13.8. The Morgan fingerprint density at radius 2 is 1.62 bits per heavy atom. The van der Waals surface area contributed by atoms with Gasteiger partial charge in [0.2, 0.25) is 0 Å². The fraction of sp³-hybridized carbons (Fsp3) is 0.545. The summed E-state index contributed by atoms with van der Waals surface area (Å²) in [4.78, 5) is 23.2. The van der Waals surface area contributed by atoms with Crippen LogP contribution in [0.5, 0.6) is 0 Å². The number of ether oxygens (including phenoxy) is 1. The molecular weight excluding hydrogens is 328 g/mol. The molecule has 4 heteroatoms. The lowest BCUT2D eigenvalue weighted by atomic mass is 10.0. The largest absolute Gasteiger partial charge is 0.481 e. The third-order valence-corrected chi connectivity index (χ3v) is 4.40. The van der Waals surface area contributed by atoms with E-state index in [2.05, 4.69) is 19.1 Å². The maximum atomic E-state index is 11.8. The van der Waals surface area contributed by atoms with Crippen molar-refractivity contribution in [3.63, 3.8) is 0 Å². The summed E-state index contributed by atoms with van der Waals surface area (Å²) >= 11 is 0. The minimum atomic E-state index is -0.974. The van der Waals surface area contributed by atoms with Gasteiger partial charge in [0.25, 0.3) is 0 Å². The molecule has 0 radical (unpaired) electrons. The molecule has 1 atom stereocenters. The van der Waals surface area contributed by atoms with E-state index in [4.69, 9.17) is 4.74 Å².